The zero-order chi connectivity index (χ0) is 28.7. The van der Waals surface area contributed by atoms with Crippen LogP contribution in [0.2, 0.25) is 5.02 Å². The van der Waals surface area contributed by atoms with Gasteiger partial charge < -0.3 is 4.74 Å². The largest absolute Gasteiger partial charge is 0.469 e. The summed E-state index contributed by atoms with van der Waals surface area (Å²) in [5, 5.41) is 0.199. The van der Waals surface area contributed by atoms with Crippen LogP contribution in [0.3, 0.4) is 0 Å². The van der Waals surface area contributed by atoms with Crippen LogP contribution in [0.5, 0.6) is 0 Å². The average molecular weight is 582 g/mol. The molecule has 5 nitrogen and oxygen atoms in total. The van der Waals surface area contributed by atoms with E-state index in [9.17, 15) is 30.8 Å². The van der Waals surface area contributed by atoms with Crippen molar-refractivity contribution in [2.24, 2.45) is 5.92 Å². The summed E-state index contributed by atoms with van der Waals surface area (Å²) in [6, 6.07) is 11.6. The first-order valence-electron chi connectivity index (χ1n) is 11.8. The van der Waals surface area contributed by atoms with Crippen molar-refractivity contribution >= 4 is 44.9 Å². The van der Waals surface area contributed by atoms with Crippen molar-refractivity contribution in [2.75, 3.05) is 11.4 Å². The third-order valence-electron chi connectivity index (χ3n) is 6.70. The Labute approximate surface area is 228 Å². The molecule has 1 aliphatic rings. The number of halogens is 5. The fourth-order valence-electron chi connectivity index (χ4n) is 4.76. The number of alkyl halides is 3. The van der Waals surface area contributed by atoms with Crippen LogP contribution in [0.1, 0.15) is 36.1 Å². The highest BCUT2D eigenvalue weighted by Crippen LogP contribution is 2.41. The Morgan fingerprint density at radius 2 is 1.79 bits per heavy atom. The second kappa shape index (κ2) is 10.7. The Kier molecular flexibility index (Phi) is 7.82. The summed E-state index contributed by atoms with van der Waals surface area (Å²) < 4.78 is 88.2. The van der Waals surface area contributed by atoms with Crippen molar-refractivity contribution in [1.29, 1.82) is 0 Å². The number of sulfonamides is 1. The maximum absolute atomic E-state index is 14.5. The standard InChI is InChI=1S/C28H24ClF4NO4S/c1-16(26-23(29)8-5-9-24(26)30)12-18-10-11-19-14-22(27(35)38-3)17(2)34(25(19)13-18)39(36,37)21-7-4-6-20(15-21)28(31,32)33/h4-13,15,17,22H,14H2,1-3H3/t17-,22-/m1/s1. The van der Waals surface area contributed by atoms with Crippen LogP contribution in [-0.2, 0) is 32.2 Å². The molecule has 0 bridgehead atoms. The second-order valence-electron chi connectivity index (χ2n) is 9.21. The molecule has 39 heavy (non-hydrogen) atoms. The molecule has 0 radical (unpaired) electrons. The maximum atomic E-state index is 14.5. The molecule has 11 heteroatoms. The number of rotatable bonds is 5. The SMILES string of the molecule is COC(=O)[C@@H]1Cc2ccc(C=C(C)c3c(F)cccc3Cl)cc2N(S(=O)(=O)c2cccc(C(F)(F)F)c2)[C@@H]1C. The molecule has 206 valence electrons. The smallest absolute Gasteiger partial charge is 0.416 e. The number of benzene rings is 3. The van der Waals surface area contributed by atoms with Gasteiger partial charge in [0.2, 0.25) is 0 Å². The van der Waals surface area contributed by atoms with Crippen molar-refractivity contribution in [3.63, 3.8) is 0 Å². The van der Waals surface area contributed by atoms with E-state index < -0.39 is 50.4 Å². The Balaban J connectivity index is 1.88. The number of anilines is 1. The highest BCUT2D eigenvalue weighted by Gasteiger charge is 2.43. The van der Waals surface area contributed by atoms with Crippen LogP contribution < -0.4 is 4.31 Å². The Hall–Kier alpha value is -3.37. The van der Waals surface area contributed by atoms with Crippen molar-refractivity contribution in [1.82, 2.24) is 0 Å². The Morgan fingerprint density at radius 3 is 2.44 bits per heavy atom. The number of hydrogen-bond donors (Lipinski definition) is 0. The van der Waals surface area contributed by atoms with Gasteiger partial charge in [0.1, 0.15) is 5.82 Å². The molecule has 0 saturated carbocycles. The van der Waals surface area contributed by atoms with Gasteiger partial charge in [-0.05, 0) is 73.4 Å². The lowest BCUT2D eigenvalue weighted by molar-refractivity contribution is -0.146. The molecule has 0 spiro atoms. The van der Waals surface area contributed by atoms with Gasteiger partial charge in [-0.2, -0.15) is 13.2 Å². The van der Waals surface area contributed by atoms with E-state index >= 15 is 0 Å². The molecule has 2 atom stereocenters. The van der Waals surface area contributed by atoms with E-state index in [1.807, 2.05) is 0 Å². The first-order chi connectivity index (χ1) is 18.3. The zero-order valence-corrected chi connectivity index (χ0v) is 22.7. The van der Waals surface area contributed by atoms with Gasteiger partial charge in [0.25, 0.3) is 10.0 Å². The Bertz CT molecular complexity index is 1550. The number of allylic oxidation sites excluding steroid dienone is 1. The highest BCUT2D eigenvalue weighted by molar-refractivity contribution is 7.92. The molecule has 3 aromatic rings. The first kappa shape index (κ1) is 28.6. The van der Waals surface area contributed by atoms with E-state index in [4.69, 9.17) is 16.3 Å². The summed E-state index contributed by atoms with van der Waals surface area (Å²) in [4.78, 5) is 12.0. The van der Waals surface area contributed by atoms with Gasteiger partial charge in [0.05, 0.1) is 40.2 Å². The van der Waals surface area contributed by atoms with Crippen LogP contribution >= 0.6 is 11.6 Å². The second-order valence-corrected chi connectivity index (χ2v) is 11.4. The van der Waals surface area contributed by atoms with Gasteiger partial charge in [0.15, 0.2) is 0 Å². The normalized spacial score (nSPS) is 18.1. The summed E-state index contributed by atoms with van der Waals surface area (Å²) in [5.74, 6) is -2.08. The molecule has 0 amide bonds. The van der Waals surface area contributed by atoms with Gasteiger partial charge in [-0.3, -0.25) is 9.10 Å². The lowest BCUT2D eigenvalue weighted by Crippen LogP contribution is -2.49. The quantitative estimate of drug-likeness (QED) is 0.185. The monoisotopic (exact) mass is 581 g/mol. The van der Waals surface area contributed by atoms with Crippen molar-refractivity contribution in [3.05, 3.63) is 93.8 Å². The fourth-order valence-corrected chi connectivity index (χ4v) is 6.84. The lowest BCUT2D eigenvalue weighted by Gasteiger charge is -2.40. The maximum Gasteiger partial charge on any atom is 0.416 e. The molecule has 0 aliphatic carbocycles. The van der Waals surface area contributed by atoms with Crippen LogP contribution in [-0.4, -0.2) is 27.5 Å². The third kappa shape index (κ3) is 5.53. The van der Waals surface area contributed by atoms with E-state index in [-0.39, 0.29) is 22.7 Å². The van der Waals surface area contributed by atoms with E-state index in [1.54, 1.807) is 37.3 Å². The predicted molar refractivity (Wildman–Crippen MR) is 141 cm³/mol. The molecule has 0 unspecified atom stereocenters. The summed E-state index contributed by atoms with van der Waals surface area (Å²) in [6.45, 7) is 3.15. The van der Waals surface area contributed by atoms with Gasteiger partial charge in [-0.25, -0.2) is 12.8 Å². The minimum Gasteiger partial charge on any atom is -0.469 e. The summed E-state index contributed by atoms with van der Waals surface area (Å²) in [6.07, 6.45) is -2.98. The Morgan fingerprint density at radius 1 is 1.10 bits per heavy atom. The molecule has 1 heterocycles. The molecule has 4 rings (SSSR count). The molecule has 0 fully saturated rings. The molecule has 0 saturated heterocycles. The van der Waals surface area contributed by atoms with Crippen LogP contribution in [0.4, 0.5) is 23.2 Å². The number of hydrogen-bond acceptors (Lipinski definition) is 4. The van der Waals surface area contributed by atoms with Gasteiger partial charge in [-0.15, -0.1) is 0 Å². The summed E-state index contributed by atoms with van der Waals surface area (Å²) in [7, 11) is -3.39. The van der Waals surface area contributed by atoms with Crippen LogP contribution in [0, 0.1) is 11.7 Å². The van der Waals surface area contributed by atoms with E-state index in [0.29, 0.717) is 22.8 Å². The third-order valence-corrected chi connectivity index (χ3v) is 8.91. The van der Waals surface area contributed by atoms with Gasteiger partial charge in [0, 0.05) is 5.56 Å². The molecule has 0 N–H and O–H groups in total. The molecular formula is C28H24ClF4NO4S. The van der Waals surface area contributed by atoms with E-state index in [0.717, 1.165) is 22.5 Å². The van der Waals surface area contributed by atoms with Crippen LogP contribution in [0.15, 0.2) is 65.6 Å². The lowest BCUT2D eigenvalue weighted by atomic mass is 9.87. The minimum absolute atomic E-state index is 0.153. The molecule has 0 aromatic heterocycles. The number of carbonyl (C=O) groups is 1. The number of nitrogens with zero attached hydrogens (tertiary/aromatic N) is 1. The fraction of sp³-hybridized carbons (Fsp3) is 0.250. The number of fused-ring (bicyclic) bond motifs is 1. The number of ether oxygens (including phenoxy) is 1. The summed E-state index contributed by atoms with van der Waals surface area (Å²) in [5.41, 5.74) is 0.718. The number of esters is 1. The van der Waals surface area contributed by atoms with Crippen molar-refractivity contribution in [2.45, 2.75) is 37.4 Å². The number of carbonyl (C=O) groups excluding carboxylic acids is 1. The average Bonchev–Trinajstić information content (AvgIpc) is 2.87. The van der Waals surface area contributed by atoms with E-state index in [2.05, 4.69) is 0 Å². The molecule has 3 aromatic carbocycles. The zero-order valence-electron chi connectivity index (χ0n) is 21.1. The predicted octanol–water partition coefficient (Wildman–Crippen LogP) is 6.99. The van der Waals surface area contributed by atoms with Crippen LogP contribution in [0.25, 0.3) is 11.6 Å². The minimum atomic E-state index is -4.75. The molecule has 1 aliphatic heterocycles. The van der Waals surface area contributed by atoms with Crippen molar-refractivity contribution in [3.8, 4) is 0 Å². The molecular weight excluding hydrogens is 558 g/mol. The first-order valence-corrected chi connectivity index (χ1v) is 13.6. The van der Waals surface area contributed by atoms with Gasteiger partial charge in [-0.1, -0.05) is 41.9 Å². The summed E-state index contributed by atoms with van der Waals surface area (Å²) >= 11 is 6.19. The van der Waals surface area contributed by atoms with Crippen molar-refractivity contribution < 1.29 is 35.5 Å². The van der Waals surface area contributed by atoms with E-state index in [1.165, 1.54) is 26.2 Å². The number of methoxy groups -OCH3 is 1. The topological polar surface area (TPSA) is 63.7 Å². The van der Waals surface area contributed by atoms with Gasteiger partial charge >= 0.3 is 12.1 Å². The highest BCUT2D eigenvalue weighted by atomic mass is 35.5.